The summed E-state index contributed by atoms with van der Waals surface area (Å²) < 4.78 is 7.39. The molecule has 0 bridgehead atoms. The van der Waals surface area contributed by atoms with Gasteiger partial charge in [0.25, 0.3) is 0 Å². The van der Waals surface area contributed by atoms with E-state index in [1.165, 1.54) is 6.33 Å². The zero-order valence-electron chi connectivity index (χ0n) is 12.9. The van der Waals surface area contributed by atoms with Crippen molar-refractivity contribution in [2.24, 2.45) is 5.92 Å². The van der Waals surface area contributed by atoms with E-state index in [0.717, 1.165) is 24.3 Å². The first-order valence-electron chi connectivity index (χ1n) is 7.81. The molecular weight excluding hydrogens is 292 g/mol. The Morgan fingerprint density at radius 1 is 1.43 bits per heavy atom. The summed E-state index contributed by atoms with van der Waals surface area (Å²) in [4.78, 5) is 15.9. The number of hydrogen-bond donors (Lipinski definition) is 1. The number of hydrogen-bond acceptors (Lipinski definition) is 4. The number of ether oxygens (including phenoxy) is 1. The molecule has 3 rings (SSSR count). The van der Waals surface area contributed by atoms with Crippen molar-refractivity contribution in [2.45, 2.75) is 25.8 Å². The maximum Gasteiger partial charge on any atom is 0.224 e. The second-order valence-electron chi connectivity index (χ2n) is 5.55. The molecule has 6 nitrogen and oxygen atoms in total. The SMILES string of the molecule is O=C(C[C@H]1C=CCC1)Nc1cccc(OCCn2cncn2)c1. The Bertz CT molecular complexity index is 667. The summed E-state index contributed by atoms with van der Waals surface area (Å²) in [5.74, 6) is 1.14. The Balaban J connectivity index is 1.48. The van der Waals surface area contributed by atoms with Gasteiger partial charge in [-0.15, -0.1) is 0 Å². The molecule has 2 aromatic rings. The highest BCUT2D eigenvalue weighted by Crippen LogP contribution is 2.22. The molecule has 0 spiro atoms. The number of aromatic nitrogens is 3. The van der Waals surface area contributed by atoms with Crippen LogP contribution in [0.1, 0.15) is 19.3 Å². The van der Waals surface area contributed by atoms with Gasteiger partial charge in [0.2, 0.25) is 5.91 Å². The van der Waals surface area contributed by atoms with Crippen molar-refractivity contribution in [2.75, 3.05) is 11.9 Å². The molecule has 0 unspecified atom stereocenters. The molecule has 0 fully saturated rings. The highest BCUT2D eigenvalue weighted by atomic mass is 16.5. The minimum Gasteiger partial charge on any atom is -0.492 e. The van der Waals surface area contributed by atoms with E-state index in [2.05, 4.69) is 27.6 Å². The average molecular weight is 312 g/mol. The summed E-state index contributed by atoms with van der Waals surface area (Å²) in [6.07, 6.45) is 10.1. The average Bonchev–Trinajstić information content (AvgIpc) is 3.21. The van der Waals surface area contributed by atoms with Crippen molar-refractivity contribution in [3.05, 3.63) is 49.1 Å². The molecule has 120 valence electrons. The van der Waals surface area contributed by atoms with Gasteiger partial charge < -0.3 is 10.1 Å². The summed E-state index contributed by atoms with van der Waals surface area (Å²) >= 11 is 0. The molecule has 0 saturated carbocycles. The second-order valence-corrected chi connectivity index (χ2v) is 5.55. The number of amides is 1. The summed E-state index contributed by atoms with van der Waals surface area (Å²) in [7, 11) is 0. The quantitative estimate of drug-likeness (QED) is 0.798. The van der Waals surface area contributed by atoms with E-state index < -0.39 is 0 Å². The van der Waals surface area contributed by atoms with Gasteiger partial charge in [-0.05, 0) is 30.9 Å². The van der Waals surface area contributed by atoms with Crippen molar-refractivity contribution in [3.63, 3.8) is 0 Å². The van der Waals surface area contributed by atoms with Gasteiger partial charge in [0.15, 0.2) is 0 Å². The largest absolute Gasteiger partial charge is 0.492 e. The van der Waals surface area contributed by atoms with Gasteiger partial charge in [0.1, 0.15) is 25.0 Å². The van der Waals surface area contributed by atoms with Gasteiger partial charge in [-0.2, -0.15) is 5.10 Å². The van der Waals surface area contributed by atoms with Crippen LogP contribution in [0.15, 0.2) is 49.1 Å². The lowest BCUT2D eigenvalue weighted by Gasteiger charge is -2.11. The third-order valence-electron chi connectivity index (χ3n) is 3.73. The highest BCUT2D eigenvalue weighted by Gasteiger charge is 2.14. The molecule has 1 atom stereocenters. The van der Waals surface area contributed by atoms with Crippen molar-refractivity contribution < 1.29 is 9.53 Å². The van der Waals surface area contributed by atoms with Crippen molar-refractivity contribution in [3.8, 4) is 5.75 Å². The molecule has 1 heterocycles. The maximum absolute atomic E-state index is 12.0. The number of anilines is 1. The lowest BCUT2D eigenvalue weighted by atomic mass is 10.1. The van der Waals surface area contributed by atoms with Crippen LogP contribution in [0.2, 0.25) is 0 Å². The van der Waals surface area contributed by atoms with E-state index in [9.17, 15) is 4.79 Å². The van der Waals surface area contributed by atoms with E-state index in [1.54, 1.807) is 11.0 Å². The Labute approximate surface area is 135 Å². The van der Waals surface area contributed by atoms with Crippen LogP contribution < -0.4 is 10.1 Å². The van der Waals surface area contributed by atoms with Crippen LogP contribution in [0.25, 0.3) is 0 Å². The van der Waals surface area contributed by atoms with Crippen molar-refractivity contribution in [1.82, 2.24) is 14.8 Å². The van der Waals surface area contributed by atoms with Crippen LogP contribution in [-0.2, 0) is 11.3 Å². The number of nitrogens with zero attached hydrogens (tertiary/aromatic N) is 3. The van der Waals surface area contributed by atoms with Crippen LogP contribution in [0.3, 0.4) is 0 Å². The number of nitrogens with one attached hydrogen (secondary N) is 1. The van der Waals surface area contributed by atoms with E-state index in [0.29, 0.717) is 25.5 Å². The normalized spacial score (nSPS) is 16.4. The van der Waals surface area contributed by atoms with Crippen LogP contribution in [-0.4, -0.2) is 27.3 Å². The van der Waals surface area contributed by atoms with Gasteiger partial charge in [-0.25, -0.2) is 9.67 Å². The van der Waals surface area contributed by atoms with E-state index >= 15 is 0 Å². The summed E-state index contributed by atoms with van der Waals surface area (Å²) in [6.45, 7) is 1.12. The Morgan fingerprint density at radius 3 is 3.17 bits per heavy atom. The number of rotatable bonds is 7. The molecule has 1 N–H and O–H groups in total. The summed E-state index contributed by atoms with van der Waals surface area (Å²) in [5.41, 5.74) is 0.759. The fourth-order valence-electron chi connectivity index (χ4n) is 2.58. The topological polar surface area (TPSA) is 69.0 Å². The Morgan fingerprint density at radius 2 is 2.39 bits per heavy atom. The molecule has 0 saturated heterocycles. The van der Waals surface area contributed by atoms with Gasteiger partial charge >= 0.3 is 0 Å². The minimum absolute atomic E-state index is 0.0429. The first kappa shape index (κ1) is 15.3. The maximum atomic E-state index is 12.0. The predicted octanol–water partition coefficient (Wildman–Crippen LogP) is 2.65. The highest BCUT2D eigenvalue weighted by molar-refractivity contribution is 5.91. The first-order chi connectivity index (χ1) is 11.3. The fourth-order valence-corrected chi connectivity index (χ4v) is 2.58. The number of allylic oxidation sites excluding steroid dienone is 2. The number of carbonyl (C=O) groups excluding carboxylic acids is 1. The third-order valence-corrected chi connectivity index (χ3v) is 3.73. The lowest BCUT2D eigenvalue weighted by Crippen LogP contribution is -2.15. The molecule has 1 aliphatic rings. The standard InChI is InChI=1S/C17H20N4O2/c22-17(10-14-4-1-2-5-14)20-15-6-3-7-16(11-15)23-9-8-21-13-18-12-19-21/h1,3-4,6-7,11-14H,2,5,8-10H2,(H,20,22)/t14-/m0/s1. The molecule has 1 amide bonds. The van der Waals surface area contributed by atoms with Crippen LogP contribution in [0, 0.1) is 5.92 Å². The molecule has 1 aromatic carbocycles. The van der Waals surface area contributed by atoms with E-state index in [-0.39, 0.29) is 5.91 Å². The lowest BCUT2D eigenvalue weighted by molar-refractivity contribution is -0.116. The van der Waals surface area contributed by atoms with Gasteiger partial charge in [0.05, 0.1) is 6.54 Å². The molecule has 1 aromatic heterocycles. The third kappa shape index (κ3) is 4.67. The fraction of sp³-hybridized carbons (Fsp3) is 0.353. The molecule has 1 aliphatic carbocycles. The Kier molecular flexibility index (Phi) is 5.03. The zero-order chi connectivity index (χ0) is 15.9. The Hall–Kier alpha value is -2.63. The first-order valence-corrected chi connectivity index (χ1v) is 7.81. The molecular formula is C17H20N4O2. The van der Waals surface area contributed by atoms with Crippen LogP contribution >= 0.6 is 0 Å². The molecule has 6 heteroatoms. The predicted molar refractivity (Wildman–Crippen MR) is 87.1 cm³/mol. The van der Waals surface area contributed by atoms with Crippen LogP contribution in [0.5, 0.6) is 5.75 Å². The van der Waals surface area contributed by atoms with Gasteiger partial charge in [-0.1, -0.05) is 18.2 Å². The molecule has 0 aliphatic heterocycles. The smallest absolute Gasteiger partial charge is 0.224 e. The molecule has 23 heavy (non-hydrogen) atoms. The second kappa shape index (κ2) is 7.58. The van der Waals surface area contributed by atoms with Crippen molar-refractivity contribution in [1.29, 1.82) is 0 Å². The number of carbonyl (C=O) groups is 1. The zero-order valence-corrected chi connectivity index (χ0v) is 12.9. The summed E-state index contributed by atoms with van der Waals surface area (Å²) in [5, 5.41) is 6.95. The van der Waals surface area contributed by atoms with Crippen molar-refractivity contribution >= 4 is 11.6 Å². The number of benzene rings is 1. The van der Waals surface area contributed by atoms with E-state index in [1.807, 2.05) is 24.3 Å². The summed E-state index contributed by atoms with van der Waals surface area (Å²) in [6, 6.07) is 7.45. The molecule has 0 radical (unpaired) electrons. The minimum atomic E-state index is 0.0429. The van der Waals surface area contributed by atoms with E-state index in [4.69, 9.17) is 4.74 Å². The van der Waals surface area contributed by atoms with Gasteiger partial charge in [-0.3, -0.25) is 4.79 Å². The van der Waals surface area contributed by atoms with Crippen LogP contribution in [0.4, 0.5) is 5.69 Å². The monoisotopic (exact) mass is 312 g/mol. The van der Waals surface area contributed by atoms with Gasteiger partial charge in [0, 0.05) is 18.2 Å².